The van der Waals surface area contributed by atoms with Gasteiger partial charge in [-0.15, -0.1) is 34.5 Å². The summed E-state index contributed by atoms with van der Waals surface area (Å²) in [5, 5.41) is 5.30. The second-order valence-corrected chi connectivity index (χ2v) is 8.99. The van der Waals surface area contributed by atoms with Crippen LogP contribution < -0.4 is 5.32 Å². The second kappa shape index (κ2) is 7.18. The van der Waals surface area contributed by atoms with Gasteiger partial charge in [-0.25, -0.2) is 4.98 Å². The molecule has 1 amide bonds. The first kappa shape index (κ1) is 19.1. The summed E-state index contributed by atoms with van der Waals surface area (Å²) in [5.41, 5.74) is 1.52. The SMILES string of the molecule is Cc1ccccc1NC(=O)Cc1nc(COC(=O)[C@@]2(C)CC2(Cl)Cl)cs1. The Morgan fingerprint density at radius 3 is 2.69 bits per heavy atom. The predicted molar refractivity (Wildman–Crippen MR) is 103 cm³/mol. The highest BCUT2D eigenvalue weighted by Gasteiger charge is 2.69. The number of nitrogens with zero attached hydrogens (tertiary/aromatic N) is 1. The Morgan fingerprint density at radius 2 is 2.04 bits per heavy atom. The van der Waals surface area contributed by atoms with Crippen LogP contribution in [0.5, 0.6) is 0 Å². The molecule has 1 atom stereocenters. The molecule has 1 saturated carbocycles. The standard InChI is InChI=1S/C18H18Cl2N2O3S/c1-11-5-3-4-6-13(11)22-14(23)7-15-21-12(9-26-15)8-25-16(24)17(2)10-18(17,19)20/h3-6,9H,7-8,10H2,1-2H3,(H,22,23)/t17-/m1/s1. The number of hydrogen-bond acceptors (Lipinski definition) is 5. The average molecular weight is 413 g/mol. The monoisotopic (exact) mass is 412 g/mol. The molecular weight excluding hydrogens is 395 g/mol. The Labute approximate surface area is 165 Å². The van der Waals surface area contributed by atoms with Gasteiger partial charge in [0.2, 0.25) is 5.91 Å². The molecule has 2 aromatic rings. The average Bonchev–Trinajstić information content (AvgIpc) is 2.91. The normalized spacial score (nSPS) is 20.5. The van der Waals surface area contributed by atoms with E-state index in [1.807, 2.05) is 31.2 Å². The van der Waals surface area contributed by atoms with E-state index in [0.29, 0.717) is 17.1 Å². The minimum absolute atomic E-state index is 0.0359. The van der Waals surface area contributed by atoms with Crippen molar-refractivity contribution in [2.24, 2.45) is 5.41 Å². The summed E-state index contributed by atoms with van der Waals surface area (Å²) >= 11 is 13.3. The fourth-order valence-electron chi connectivity index (χ4n) is 2.46. The number of carbonyl (C=O) groups is 2. The maximum absolute atomic E-state index is 12.2. The summed E-state index contributed by atoms with van der Waals surface area (Å²) in [5.74, 6) is -0.578. The van der Waals surface area contributed by atoms with Crippen LogP contribution in [0.2, 0.25) is 0 Å². The summed E-state index contributed by atoms with van der Waals surface area (Å²) in [4.78, 5) is 28.6. The van der Waals surface area contributed by atoms with Crippen molar-refractivity contribution >= 4 is 52.1 Å². The highest BCUT2D eigenvalue weighted by atomic mass is 35.5. The van der Waals surface area contributed by atoms with E-state index in [2.05, 4.69) is 10.3 Å². The number of rotatable bonds is 6. The number of alkyl halides is 2. The molecule has 0 radical (unpaired) electrons. The van der Waals surface area contributed by atoms with Gasteiger partial charge in [0.15, 0.2) is 0 Å². The first-order valence-electron chi connectivity index (χ1n) is 8.05. The van der Waals surface area contributed by atoms with Gasteiger partial charge in [-0.3, -0.25) is 9.59 Å². The number of halogens is 2. The molecule has 1 heterocycles. The van der Waals surface area contributed by atoms with Crippen LogP contribution in [0.15, 0.2) is 29.6 Å². The largest absolute Gasteiger partial charge is 0.459 e. The lowest BCUT2D eigenvalue weighted by Gasteiger charge is -2.10. The zero-order chi connectivity index (χ0) is 18.9. The van der Waals surface area contributed by atoms with Gasteiger partial charge in [-0.1, -0.05) is 18.2 Å². The number of ether oxygens (including phenoxy) is 1. The molecule has 1 aliphatic carbocycles. The molecule has 0 bridgehead atoms. The van der Waals surface area contributed by atoms with Crippen LogP contribution in [-0.2, 0) is 27.4 Å². The van der Waals surface area contributed by atoms with Gasteiger partial charge in [0.25, 0.3) is 0 Å². The number of aromatic nitrogens is 1. The molecule has 1 aromatic carbocycles. The third-order valence-corrected chi connectivity index (χ3v) is 6.39. The Kier molecular flexibility index (Phi) is 5.28. The van der Waals surface area contributed by atoms with Gasteiger partial charge in [0.1, 0.15) is 21.4 Å². The lowest BCUT2D eigenvalue weighted by atomic mass is 10.1. The number of esters is 1. The summed E-state index contributed by atoms with van der Waals surface area (Å²) < 4.78 is 4.21. The Morgan fingerprint density at radius 1 is 1.35 bits per heavy atom. The van der Waals surface area contributed by atoms with Crippen LogP contribution in [0.1, 0.15) is 29.6 Å². The van der Waals surface area contributed by atoms with Crippen LogP contribution in [0.3, 0.4) is 0 Å². The number of hydrogen-bond donors (Lipinski definition) is 1. The van der Waals surface area contributed by atoms with Crippen LogP contribution in [0.25, 0.3) is 0 Å². The predicted octanol–water partition coefficient (Wildman–Crippen LogP) is 4.26. The van der Waals surface area contributed by atoms with Crippen molar-refractivity contribution in [1.29, 1.82) is 0 Å². The number of para-hydroxylation sites is 1. The number of nitrogens with one attached hydrogen (secondary N) is 1. The van der Waals surface area contributed by atoms with Gasteiger partial charge < -0.3 is 10.1 Å². The molecule has 5 nitrogen and oxygen atoms in total. The first-order chi connectivity index (χ1) is 12.2. The number of aryl methyl sites for hydroxylation is 1. The molecule has 26 heavy (non-hydrogen) atoms. The zero-order valence-electron chi connectivity index (χ0n) is 14.3. The molecule has 138 valence electrons. The molecule has 1 aliphatic rings. The van der Waals surface area contributed by atoms with E-state index < -0.39 is 15.7 Å². The Hall–Kier alpha value is -1.63. The van der Waals surface area contributed by atoms with Gasteiger partial charge >= 0.3 is 5.97 Å². The Bertz CT molecular complexity index is 852. The van der Waals surface area contributed by atoms with E-state index in [9.17, 15) is 9.59 Å². The molecule has 0 aliphatic heterocycles. The quantitative estimate of drug-likeness (QED) is 0.568. The van der Waals surface area contributed by atoms with Crippen molar-refractivity contribution in [2.45, 2.75) is 37.6 Å². The summed E-state index contributed by atoms with van der Waals surface area (Å²) in [6, 6.07) is 7.57. The molecule has 3 rings (SSSR count). The number of carbonyl (C=O) groups excluding carboxylic acids is 2. The number of anilines is 1. The lowest BCUT2D eigenvalue weighted by Crippen LogP contribution is -2.21. The topological polar surface area (TPSA) is 68.3 Å². The molecule has 1 N–H and O–H groups in total. The van der Waals surface area contributed by atoms with E-state index in [1.54, 1.807) is 12.3 Å². The maximum Gasteiger partial charge on any atom is 0.315 e. The highest BCUT2D eigenvalue weighted by Crippen LogP contribution is 2.64. The van der Waals surface area contributed by atoms with E-state index in [-0.39, 0.29) is 18.9 Å². The van der Waals surface area contributed by atoms with Crippen molar-refractivity contribution in [3.63, 3.8) is 0 Å². The molecule has 8 heteroatoms. The fraction of sp³-hybridized carbons (Fsp3) is 0.389. The highest BCUT2D eigenvalue weighted by molar-refractivity contribution is 7.09. The summed E-state index contributed by atoms with van der Waals surface area (Å²) in [6.45, 7) is 3.65. The van der Waals surface area contributed by atoms with E-state index in [4.69, 9.17) is 27.9 Å². The van der Waals surface area contributed by atoms with Crippen molar-refractivity contribution in [1.82, 2.24) is 4.98 Å². The number of amides is 1. The molecule has 1 fully saturated rings. The summed E-state index contributed by atoms with van der Waals surface area (Å²) in [7, 11) is 0. The van der Waals surface area contributed by atoms with Crippen LogP contribution in [0, 0.1) is 12.3 Å². The lowest BCUT2D eigenvalue weighted by molar-refractivity contribution is -0.151. The van der Waals surface area contributed by atoms with Gasteiger partial charge in [0.05, 0.1) is 12.1 Å². The van der Waals surface area contributed by atoms with E-state index >= 15 is 0 Å². The van der Waals surface area contributed by atoms with Gasteiger partial charge in [-0.2, -0.15) is 0 Å². The van der Waals surface area contributed by atoms with E-state index in [0.717, 1.165) is 11.3 Å². The molecule has 0 saturated heterocycles. The minimum Gasteiger partial charge on any atom is -0.459 e. The molecule has 0 spiro atoms. The van der Waals surface area contributed by atoms with Crippen molar-refractivity contribution in [3.8, 4) is 0 Å². The number of benzene rings is 1. The van der Waals surface area contributed by atoms with Crippen LogP contribution >= 0.6 is 34.5 Å². The van der Waals surface area contributed by atoms with Crippen LogP contribution in [-0.4, -0.2) is 21.2 Å². The molecular formula is C18H18Cl2N2O3S. The van der Waals surface area contributed by atoms with Crippen molar-refractivity contribution in [2.75, 3.05) is 5.32 Å². The second-order valence-electron chi connectivity index (χ2n) is 6.56. The van der Waals surface area contributed by atoms with Crippen molar-refractivity contribution < 1.29 is 14.3 Å². The van der Waals surface area contributed by atoms with Crippen LogP contribution in [0.4, 0.5) is 5.69 Å². The van der Waals surface area contributed by atoms with Gasteiger partial charge in [-0.05, 0) is 25.5 Å². The van der Waals surface area contributed by atoms with E-state index in [1.165, 1.54) is 11.3 Å². The minimum atomic E-state index is -1.05. The van der Waals surface area contributed by atoms with Gasteiger partial charge in [0, 0.05) is 17.5 Å². The first-order valence-corrected chi connectivity index (χ1v) is 9.69. The molecule has 1 aromatic heterocycles. The maximum atomic E-state index is 12.2. The third kappa shape index (κ3) is 4.03. The third-order valence-electron chi connectivity index (χ3n) is 4.39. The Balaban J connectivity index is 1.51. The summed E-state index contributed by atoms with van der Waals surface area (Å²) in [6.07, 6.45) is 0.542. The van der Waals surface area contributed by atoms with Crippen molar-refractivity contribution in [3.05, 3.63) is 45.9 Å². The number of thiazole rings is 1. The fourth-order valence-corrected chi connectivity index (χ4v) is 3.93. The molecule has 0 unspecified atom stereocenters. The smallest absolute Gasteiger partial charge is 0.315 e. The zero-order valence-corrected chi connectivity index (χ0v) is 16.7.